The number of benzene rings is 4. The van der Waals surface area contributed by atoms with Crippen molar-refractivity contribution in [2.75, 3.05) is 9.96 Å². The van der Waals surface area contributed by atoms with Crippen LogP contribution >= 0.6 is 23.2 Å². The summed E-state index contributed by atoms with van der Waals surface area (Å²) < 4.78 is 6.30. The minimum absolute atomic E-state index is 0.344. The van der Waals surface area contributed by atoms with E-state index in [1.54, 1.807) is 41.5 Å². The van der Waals surface area contributed by atoms with E-state index in [1.807, 2.05) is 66.7 Å². The molecule has 0 radical (unpaired) electrons. The molecule has 3 heterocycles. The number of hydroxylamine groups is 1. The van der Waals surface area contributed by atoms with Crippen LogP contribution in [0.15, 0.2) is 108 Å². The summed E-state index contributed by atoms with van der Waals surface area (Å²) in [6, 6.07) is 30.6. The van der Waals surface area contributed by atoms with Crippen LogP contribution in [0.25, 0.3) is 22.1 Å². The van der Waals surface area contributed by atoms with Crippen molar-refractivity contribution in [1.82, 2.24) is 0 Å². The summed E-state index contributed by atoms with van der Waals surface area (Å²) in [6.07, 6.45) is -1.01. The minimum atomic E-state index is -1.01. The normalized spacial score (nSPS) is 20.7. The highest BCUT2D eigenvalue weighted by Gasteiger charge is 2.61. The summed E-state index contributed by atoms with van der Waals surface area (Å²) in [4.78, 5) is 35.4. The molecule has 3 atom stereocenters. The van der Waals surface area contributed by atoms with Crippen LogP contribution in [-0.4, -0.2) is 17.9 Å². The first-order chi connectivity index (χ1) is 19.0. The van der Waals surface area contributed by atoms with Gasteiger partial charge < -0.3 is 4.42 Å². The Balaban J connectivity index is 1.33. The van der Waals surface area contributed by atoms with Crippen molar-refractivity contribution < 1.29 is 18.8 Å². The number of carbonyl (C=O) groups is 2. The van der Waals surface area contributed by atoms with Crippen LogP contribution in [0, 0.1) is 5.92 Å². The van der Waals surface area contributed by atoms with Gasteiger partial charge in [0.05, 0.1) is 16.4 Å². The molecule has 0 N–H and O–H groups in total. The Bertz CT molecular complexity index is 1750. The lowest BCUT2D eigenvalue weighted by Gasteiger charge is -2.27. The number of carbonyl (C=O) groups excluding carboxylic acids is 2. The lowest BCUT2D eigenvalue weighted by molar-refractivity contribution is -0.126. The van der Waals surface area contributed by atoms with Gasteiger partial charge in [-0.15, -0.1) is 0 Å². The molecule has 0 aliphatic carbocycles. The molecule has 0 unspecified atom stereocenters. The van der Waals surface area contributed by atoms with E-state index >= 15 is 0 Å². The molecule has 2 aliphatic rings. The molecule has 192 valence electrons. The van der Waals surface area contributed by atoms with Crippen molar-refractivity contribution in [2.45, 2.75) is 12.1 Å². The summed E-state index contributed by atoms with van der Waals surface area (Å²) >= 11 is 12.6. The van der Waals surface area contributed by atoms with Gasteiger partial charge in [0.25, 0.3) is 5.91 Å². The third kappa shape index (κ3) is 3.83. The lowest BCUT2D eigenvalue weighted by Crippen LogP contribution is -2.37. The first-order valence-corrected chi connectivity index (χ1v) is 13.2. The van der Waals surface area contributed by atoms with Gasteiger partial charge in [0.15, 0.2) is 6.10 Å². The van der Waals surface area contributed by atoms with Crippen molar-refractivity contribution in [3.05, 3.63) is 119 Å². The van der Waals surface area contributed by atoms with Crippen LogP contribution < -0.4 is 9.96 Å². The smallest absolute Gasteiger partial charge is 0.266 e. The number of para-hydroxylation sites is 1. The number of nitrogens with zero attached hydrogens (tertiary/aromatic N) is 2. The molecule has 2 aliphatic heterocycles. The van der Waals surface area contributed by atoms with E-state index in [0.717, 1.165) is 10.8 Å². The zero-order valence-electron chi connectivity index (χ0n) is 20.3. The van der Waals surface area contributed by atoms with E-state index in [1.165, 1.54) is 4.90 Å². The first kappa shape index (κ1) is 24.0. The van der Waals surface area contributed by atoms with Crippen LogP contribution in [0.4, 0.5) is 11.4 Å². The Kier molecular flexibility index (Phi) is 5.70. The van der Waals surface area contributed by atoms with Crippen molar-refractivity contribution >= 4 is 57.2 Å². The summed E-state index contributed by atoms with van der Waals surface area (Å²) in [5.41, 5.74) is 1.87. The van der Waals surface area contributed by atoms with Gasteiger partial charge in [-0.25, -0.2) is 9.96 Å². The maximum Gasteiger partial charge on any atom is 0.266 e. The average molecular weight is 555 g/mol. The van der Waals surface area contributed by atoms with Crippen molar-refractivity contribution in [1.29, 1.82) is 0 Å². The second-order valence-corrected chi connectivity index (χ2v) is 10.3. The van der Waals surface area contributed by atoms with Gasteiger partial charge in [0, 0.05) is 16.0 Å². The summed E-state index contributed by atoms with van der Waals surface area (Å²) in [7, 11) is 0. The average Bonchev–Trinajstić information content (AvgIpc) is 3.65. The van der Waals surface area contributed by atoms with E-state index in [4.69, 9.17) is 32.5 Å². The quantitative estimate of drug-likeness (QED) is 0.216. The first-order valence-electron chi connectivity index (χ1n) is 12.4. The molecular formula is C31H20Cl2N2O4. The third-order valence-corrected chi connectivity index (χ3v) is 7.81. The van der Waals surface area contributed by atoms with Crippen LogP contribution in [-0.2, 0) is 14.4 Å². The topological polar surface area (TPSA) is 63.0 Å². The Morgan fingerprint density at radius 1 is 0.744 bits per heavy atom. The standard InChI is InChI=1S/C31H20Cl2N2O4/c32-19-13-14-23(33)22(17-19)25-15-16-26(38-25)28-27-29(39-35(28)20-9-2-1-3-10-20)31(37)34(30(27)36)24-12-6-8-18-7-4-5-11-21(18)24/h1-17,27-29H/t27-,28+,29+/m0/s1. The summed E-state index contributed by atoms with van der Waals surface area (Å²) in [6.45, 7) is 0. The van der Waals surface area contributed by atoms with Gasteiger partial charge >= 0.3 is 0 Å². The SMILES string of the molecule is O=C1[C@H]2[C@@H](c3ccc(-c4cc(Cl)ccc4Cl)o3)N(c3ccccc3)O[C@H]2C(=O)N1c1cccc2ccccc12. The summed E-state index contributed by atoms with van der Waals surface area (Å²) in [5, 5.41) is 4.35. The van der Waals surface area contributed by atoms with Crippen LogP contribution in [0.5, 0.6) is 0 Å². The Labute approximate surface area is 233 Å². The fourth-order valence-corrected chi connectivity index (χ4v) is 5.87. The van der Waals surface area contributed by atoms with Crippen LogP contribution in [0.1, 0.15) is 11.8 Å². The second kappa shape index (κ2) is 9.27. The molecule has 6 nitrogen and oxygen atoms in total. The van der Waals surface area contributed by atoms with E-state index in [2.05, 4.69) is 0 Å². The molecule has 5 aromatic rings. The molecular weight excluding hydrogens is 535 g/mol. The number of anilines is 2. The molecule has 2 fully saturated rings. The zero-order chi connectivity index (χ0) is 26.7. The highest BCUT2D eigenvalue weighted by Crippen LogP contribution is 2.49. The van der Waals surface area contributed by atoms with E-state index < -0.39 is 24.0 Å². The van der Waals surface area contributed by atoms with Gasteiger partial charge in [0.2, 0.25) is 5.91 Å². The summed E-state index contributed by atoms with van der Waals surface area (Å²) in [5.74, 6) is -0.613. The highest BCUT2D eigenvalue weighted by atomic mass is 35.5. The Hall–Kier alpha value is -4.10. The third-order valence-electron chi connectivity index (χ3n) is 7.25. The molecule has 0 bridgehead atoms. The van der Waals surface area contributed by atoms with Crippen molar-refractivity contribution in [2.24, 2.45) is 5.92 Å². The van der Waals surface area contributed by atoms with Crippen LogP contribution in [0.2, 0.25) is 10.0 Å². The number of furan rings is 1. The number of imide groups is 1. The molecule has 0 saturated carbocycles. The zero-order valence-corrected chi connectivity index (χ0v) is 21.8. The predicted molar refractivity (Wildman–Crippen MR) is 151 cm³/mol. The predicted octanol–water partition coefficient (Wildman–Crippen LogP) is 7.46. The monoisotopic (exact) mass is 554 g/mol. The fourth-order valence-electron chi connectivity index (χ4n) is 5.49. The molecule has 0 spiro atoms. The van der Waals surface area contributed by atoms with E-state index in [9.17, 15) is 9.59 Å². The Morgan fingerprint density at radius 3 is 2.36 bits per heavy atom. The largest absolute Gasteiger partial charge is 0.459 e. The van der Waals surface area contributed by atoms with Gasteiger partial charge in [0.1, 0.15) is 23.5 Å². The maximum absolute atomic E-state index is 14.1. The molecule has 4 aromatic carbocycles. The van der Waals surface area contributed by atoms with Crippen molar-refractivity contribution in [3.8, 4) is 11.3 Å². The van der Waals surface area contributed by atoms with Gasteiger partial charge in [-0.05, 0) is 53.9 Å². The maximum atomic E-state index is 14.1. The van der Waals surface area contributed by atoms with Crippen molar-refractivity contribution in [3.63, 3.8) is 0 Å². The second-order valence-electron chi connectivity index (χ2n) is 9.49. The molecule has 39 heavy (non-hydrogen) atoms. The van der Waals surface area contributed by atoms with E-state index in [0.29, 0.717) is 38.5 Å². The number of amides is 2. The fraction of sp³-hybridized carbons (Fsp3) is 0.0968. The number of hydrogen-bond acceptors (Lipinski definition) is 5. The van der Waals surface area contributed by atoms with E-state index in [-0.39, 0.29) is 5.91 Å². The molecule has 2 amide bonds. The molecule has 2 saturated heterocycles. The lowest BCUT2D eigenvalue weighted by atomic mass is 9.94. The number of halogens is 2. The van der Waals surface area contributed by atoms with Gasteiger partial charge in [-0.2, -0.15) is 0 Å². The number of rotatable bonds is 4. The molecule has 7 rings (SSSR count). The van der Waals surface area contributed by atoms with Gasteiger partial charge in [-0.3, -0.25) is 14.4 Å². The highest BCUT2D eigenvalue weighted by molar-refractivity contribution is 6.35. The Morgan fingerprint density at radius 2 is 1.51 bits per heavy atom. The molecule has 8 heteroatoms. The number of fused-ring (bicyclic) bond motifs is 2. The number of hydrogen-bond donors (Lipinski definition) is 0. The molecule has 1 aromatic heterocycles. The minimum Gasteiger partial charge on any atom is -0.459 e. The van der Waals surface area contributed by atoms with Crippen LogP contribution in [0.3, 0.4) is 0 Å². The van der Waals surface area contributed by atoms with Gasteiger partial charge in [-0.1, -0.05) is 77.8 Å².